The SMILES string of the molecule is CCNC(C)c1ccc(OCc2nnc(C)n2C)c(C)c1. The molecule has 0 amide bonds. The maximum atomic E-state index is 5.87. The lowest BCUT2D eigenvalue weighted by Gasteiger charge is -2.15. The smallest absolute Gasteiger partial charge is 0.170 e. The highest BCUT2D eigenvalue weighted by Crippen LogP contribution is 2.23. The first-order chi connectivity index (χ1) is 10.0. The van der Waals surface area contributed by atoms with Crippen LogP contribution in [0, 0.1) is 13.8 Å². The molecular formula is C16H24N4O. The van der Waals surface area contributed by atoms with E-state index in [1.54, 1.807) is 0 Å². The molecule has 0 aliphatic heterocycles. The number of nitrogens with zero attached hydrogens (tertiary/aromatic N) is 3. The van der Waals surface area contributed by atoms with Gasteiger partial charge in [-0.2, -0.15) is 0 Å². The van der Waals surface area contributed by atoms with Gasteiger partial charge in [0, 0.05) is 13.1 Å². The quantitative estimate of drug-likeness (QED) is 0.888. The summed E-state index contributed by atoms with van der Waals surface area (Å²) < 4.78 is 7.81. The summed E-state index contributed by atoms with van der Waals surface area (Å²) in [5, 5.41) is 11.6. The molecule has 1 unspecified atom stereocenters. The Kier molecular flexibility index (Phi) is 4.96. The van der Waals surface area contributed by atoms with Crippen molar-refractivity contribution in [3.63, 3.8) is 0 Å². The molecule has 0 spiro atoms. The van der Waals surface area contributed by atoms with Gasteiger partial charge in [-0.15, -0.1) is 10.2 Å². The van der Waals surface area contributed by atoms with E-state index in [2.05, 4.69) is 48.4 Å². The number of ether oxygens (including phenoxy) is 1. The van der Waals surface area contributed by atoms with Gasteiger partial charge in [-0.25, -0.2) is 0 Å². The molecule has 5 nitrogen and oxygen atoms in total. The third-order valence-electron chi connectivity index (χ3n) is 3.75. The van der Waals surface area contributed by atoms with Gasteiger partial charge in [0.25, 0.3) is 0 Å². The van der Waals surface area contributed by atoms with E-state index in [1.165, 1.54) is 5.56 Å². The fraction of sp³-hybridized carbons (Fsp3) is 0.500. The van der Waals surface area contributed by atoms with Crippen LogP contribution in [0.15, 0.2) is 18.2 Å². The van der Waals surface area contributed by atoms with E-state index in [0.29, 0.717) is 12.6 Å². The molecule has 114 valence electrons. The third kappa shape index (κ3) is 3.61. The molecule has 0 aliphatic rings. The van der Waals surface area contributed by atoms with Crippen LogP contribution >= 0.6 is 0 Å². The van der Waals surface area contributed by atoms with Crippen LogP contribution in [0.1, 0.15) is 42.7 Å². The molecule has 1 aromatic heterocycles. The molecule has 1 aromatic carbocycles. The molecule has 0 aliphatic carbocycles. The molecule has 0 fully saturated rings. The highest BCUT2D eigenvalue weighted by molar-refractivity contribution is 5.37. The van der Waals surface area contributed by atoms with Crippen molar-refractivity contribution in [1.82, 2.24) is 20.1 Å². The van der Waals surface area contributed by atoms with Gasteiger partial charge in [0.15, 0.2) is 5.82 Å². The first-order valence-electron chi connectivity index (χ1n) is 7.34. The van der Waals surface area contributed by atoms with Crippen LogP contribution in [-0.2, 0) is 13.7 Å². The minimum Gasteiger partial charge on any atom is -0.485 e. The number of nitrogens with one attached hydrogen (secondary N) is 1. The molecule has 1 heterocycles. The fourth-order valence-electron chi connectivity index (χ4n) is 2.25. The van der Waals surface area contributed by atoms with Crippen LogP contribution in [0.3, 0.4) is 0 Å². The molecule has 1 atom stereocenters. The highest BCUT2D eigenvalue weighted by atomic mass is 16.5. The lowest BCUT2D eigenvalue weighted by atomic mass is 10.1. The molecule has 2 aromatic rings. The molecule has 0 radical (unpaired) electrons. The zero-order valence-corrected chi connectivity index (χ0v) is 13.5. The summed E-state index contributed by atoms with van der Waals surface area (Å²) in [6, 6.07) is 6.66. The Bertz CT molecular complexity index is 606. The van der Waals surface area contributed by atoms with E-state index in [4.69, 9.17) is 4.74 Å². The second-order valence-electron chi connectivity index (χ2n) is 5.32. The van der Waals surface area contributed by atoms with Crippen LogP contribution < -0.4 is 10.1 Å². The maximum absolute atomic E-state index is 5.87. The van der Waals surface area contributed by atoms with Crippen LogP contribution in [0.4, 0.5) is 0 Å². The number of aromatic nitrogens is 3. The Hall–Kier alpha value is -1.88. The molecule has 5 heteroatoms. The van der Waals surface area contributed by atoms with Gasteiger partial charge in [0.1, 0.15) is 18.2 Å². The Labute approximate surface area is 126 Å². The van der Waals surface area contributed by atoms with Gasteiger partial charge in [-0.1, -0.05) is 19.1 Å². The van der Waals surface area contributed by atoms with Gasteiger partial charge < -0.3 is 14.6 Å². The van der Waals surface area contributed by atoms with E-state index in [-0.39, 0.29) is 0 Å². The van der Waals surface area contributed by atoms with Crippen molar-refractivity contribution in [1.29, 1.82) is 0 Å². The number of rotatable bonds is 6. The first-order valence-corrected chi connectivity index (χ1v) is 7.34. The minimum absolute atomic E-state index is 0.351. The summed E-state index contributed by atoms with van der Waals surface area (Å²) in [4.78, 5) is 0. The Morgan fingerprint density at radius 2 is 2.05 bits per heavy atom. The predicted molar refractivity (Wildman–Crippen MR) is 83.3 cm³/mol. The summed E-state index contributed by atoms with van der Waals surface area (Å²) in [6.45, 7) is 9.67. The van der Waals surface area contributed by atoms with E-state index < -0.39 is 0 Å². The molecule has 0 saturated heterocycles. The summed E-state index contributed by atoms with van der Waals surface area (Å²) in [6.07, 6.45) is 0. The normalized spacial score (nSPS) is 12.4. The molecule has 1 N–H and O–H groups in total. The standard InChI is InChI=1S/C16H24N4O/c1-6-17-12(3)14-7-8-15(11(2)9-14)21-10-16-19-18-13(4)20(16)5/h7-9,12,17H,6,10H2,1-5H3. The van der Waals surface area contributed by atoms with Crippen molar-refractivity contribution >= 4 is 0 Å². The second-order valence-corrected chi connectivity index (χ2v) is 5.32. The molecule has 21 heavy (non-hydrogen) atoms. The van der Waals surface area contributed by atoms with E-state index >= 15 is 0 Å². The van der Waals surface area contributed by atoms with Gasteiger partial charge in [0.2, 0.25) is 0 Å². The van der Waals surface area contributed by atoms with Crippen molar-refractivity contribution in [3.8, 4) is 5.75 Å². The zero-order valence-electron chi connectivity index (χ0n) is 13.5. The molecule has 0 bridgehead atoms. The van der Waals surface area contributed by atoms with Gasteiger partial charge >= 0.3 is 0 Å². The van der Waals surface area contributed by atoms with Crippen LogP contribution in [0.2, 0.25) is 0 Å². The topological polar surface area (TPSA) is 52.0 Å². The monoisotopic (exact) mass is 288 g/mol. The van der Waals surface area contributed by atoms with Crippen molar-refractivity contribution in [3.05, 3.63) is 41.0 Å². The van der Waals surface area contributed by atoms with Gasteiger partial charge in [-0.05, 0) is 44.5 Å². The van der Waals surface area contributed by atoms with Crippen molar-refractivity contribution in [2.45, 2.75) is 40.3 Å². The molecule has 0 saturated carbocycles. The second kappa shape index (κ2) is 6.72. The summed E-state index contributed by atoms with van der Waals surface area (Å²) in [5.74, 6) is 2.61. The number of benzene rings is 1. The fourth-order valence-corrected chi connectivity index (χ4v) is 2.25. The molecule has 2 rings (SSSR count). The van der Waals surface area contributed by atoms with E-state index in [1.807, 2.05) is 24.6 Å². The Morgan fingerprint density at radius 1 is 1.29 bits per heavy atom. The lowest BCUT2D eigenvalue weighted by molar-refractivity contribution is 0.289. The first kappa shape index (κ1) is 15.5. The summed E-state index contributed by atoms with van der Waals surface area (Å²) >= 11 is 0. The third-order valence-corrected chi connectivity index (χ3v) is 3.75. The van der Waals surface area contributed by atoms with Crippen LogP contribution in [0.25, 0.3) is 0 Å². The highest BCUT2D eigenvalue weighted by Gasteiger charge is 2.09. The van der Waals surface area contributed by atoms with Crippen molar-refractivity contribution < 1.29 is 4.74 Å². The number of hydrogen-bond acceptors (Lipinski definition) is 4. The summed E-state index contributed by atoms with van der Waals surface area (Å²) in [7, 11) is 1.95. The Morgan fingerprint density at radius 3 is 2.62 bits per heavy atom. The largest absolute Gasteiger partial charge is 0.485 e. The Balaban J connectivity index is 2.06. The van der Waals surface area contributed by atoms with Gasteiger partial charge in [0.05, 0.1) is 0 Å². The van der Waals surface area contributed by atoms with Crippen molar-refractivity contribution in [2.24, 2.45) is 7.05 Å². The van der Waals surface area contributed by atoms with E-state index in [0.717, 1.165) is 29.5 Å². The average molecular weight is 288 g/mol. The lowest BCUT2D eigenvalue weighted by Crippen LogP contribution is -2.17. The van der Waals surface area contributed by atoms with Crippen LogP contribution in [0.5, 0.6) is 5.75 Å². The van der Waals surface area contributed by atoms with Crippen LogP contribution in [-0.4, -0.2) is 21.3 Å². The predicted octanol–water partition coefficient (Wildman–Crippen LogP) is 2.68. The zero-order chi connectivity index (χ0) is 15.4. The van der Waals surface area contributed by atoms with E-state index in [9.17, 15) is 0 Å². The minimum atomic E-state index is 0.351. The van der Waals surface area contributed by atoms with Crippen molar-refractivity contribution in [2.75, 3.05) is 6.54 Å². The maximum Gasteiger partial charge on any atom is 0.170 e. The number of hydrogen-bond donors (Lipinski definition) is 1. The average Bonchev–Trinajstić information content (AvgIpc) is 2.78. The van der Waals surface area contributed by atoms with Gasteiger partial charge in [-0.3, -0.25) is 0 Å². The number of aryl methyl sites for hydroxylation is 2. The summed E-state index contributed by atoms with van der Waals surface area (Å²) in [5.41, 5.74) is 2.41. The molecular weight excluding hydrogens is 264 g/mol.